The van der Waals surface area contributed by atoms with Crippen LogP contribution in [0.25, 0.3) is 0 Å². The van der Waals surface area contributed by atoms with Crippen LogP contribution in [-0.4, -0.2) is 48.2 Å². The number of aliphatic hydroxyl groups is 1. The molecule has 0 radical (unpaired) electrons. The fourth-order valence-corrected chi connectivity index (χ4v) is 2.79. The molecule has 1 aromatic rings. The van der Waals surface area contributed by atoms with E-state index in [-0.39, 0.29) is 11.9 Å². The minimum atomic E-state index is -0.518. The number of nitrogens with one attached hydrogen (secondary N) is 1. The van der Waals surface area contributed by atoms with Crippen LogP contribution in [0, 0.1) is 3.57 Å². The van der Waals surface area contributed by atoms with Crippen LogP contribution in [0.15, 0.2) is 18.2 Å². The summed E-state index contributed by atoms with van der Waals surface area (Å²) in [5.74, 6) is -0.116. The van der Waals surface area contributed by atoms with Crippen molar-refractivity contribution in [1.29, 1.82) is 0 Å². The van der Waals surface area contributed by atoms with Crippen LogP contribution >= 0.6 is 34.2 Å². The number of nitrogens with zero attached hydrogens (tertiary/aromatic N) is 1. The van der Waals surface area contributed by atoms with Gasteiger partial charge in [-0.3, -0.25) is 4.79 Å². The van der Waals surface area contributed by atoms with E-state index in [0.29, 0.717) is 23.7 Å². The zero-order valence-electron chi connectivity index (χ0n) is 9.86. The van der Waals surface area contributed by atoms with E-state index in [1.54, 1.807) is 24.1 Å². The zero-order valence-corrected chi connectivity index (χ0v) is 12.8. The first-order chi connectivity index (χ1) is 8.50. The van der Waals surface area contributed by atoms with E-state index >= 15 is 0 Å². The molecule has 0 aromatic heterocycles. The van der Waals surface area contributed by atoms with E-state index in [1.165, 1.54) is 0 Å². The van der Waals surface area contributed by atoms with E-state index in [0.717, 1.165) is 3.57 Å². The minimum absolute atomic E-state index is 0.116. The quantitative estimate of drug-likeness (QED) is 0.762. The molecule has 18 heavy (non-hydrogen) atoms. The lowest BCUT2D eigenvalue weighted by Gasteiger charge is -2.26. The Morgan fingerprint density at radius 2 is 2.28 bits per heavy atom. The van der Waals surface area contributed by atoms with Gasteiger partial charge in [0, 0.05) is 28.7 Å². The summed E-state index contributed by atoms with van der Waals surface area (Å²) in [6.45, 7) is 1.13. The Morgan fingerprint density at radius 3 is 2.89 bits per heavy atom. The van der Waals surface area contributed by atoms with Crippen molar-refractivity contribution in [3.05, 3.63) is 32.4 Å². The first-order valence-electron chi connectivity index (χ1n) is 5.61. The van der Waals surface area contributed by atoms with Gasteiger partial charge in [-0.2, -0.15) is 0 Å². The highest BCUT2D eigenvalue weighted by Gasteiger charge is 2.32. The van der Waals surface area contributed by atoms with Gasteiger partial charge in [-0.05, 0) is 40.8 Å². The largest absolute Gasteiger partial charge is 0.390 e. The van der Waals surface area contributed by atoms with Crippen molar-refractivity contribution < 1.29 is 9.90 Å². The van der Waals surface area contributed by atoms with Crippen molar-refractivity contribution in [1.82, 2.24) is 10.2 Å². The second-order valence-electron chi connectivity index (χ2n) is 4.33. The summed E-state index contributed by atoms with van der Waals surface area (Å²) in [5, 5.41) is 13.4. The fourth-order valence-electron chi connectivity index (χ4n) is 2.05. The van der Waals surface area contributed by atoms with Gasteiger partial charge in [-0.25, -0.2) is 0 Å². The summed E-state index contributed by atoms with van der Waals surface area (Å²) in [4.78, 5) is 14.0. The maximum Gasteiger partial charge on any atom is 0.255 e. The summed E-state index contributed by atoms with van der Waals surface area (Å²) in [7, 11) is 1.71. The first-order valence-corrected chi connectivity index (χ1v) is 7.07. The number of hydrogen-bond acceptors (Lipinski definition) is 3. The number of amides is 1. The Balaban J connectivity index is 2.22. The van der Waals surface area contributed by atoms with Gasteiger partial charge in [0.25, 0.3) is 5.91 Å². The van der Waals surface area contributed by atoms with Gasteiger partial charge in [-0.15, -0.1) is 0 Å². The number of β-amino-alcohol motifs (C(OH)–C–C–N with tert-alkyl or cyclic N) is 1. The van der Waals surface area contributed by atoms with Gasteiger partial charge < -0.3 is 15.3 Å². The highest BCUT2D eigenvalue weighted by atomic mass is 127. The smallest absolute Gasteiger partial charge is 0.255 e. The molecule has 1 saturated heterocycles. The van der Waals surface area contributed by atoms with E-state index in [1.807, 2.05) is 6.07 Å². The highest BCUT2D eigenvalue weighted by Crippen LogP contribution is 2.21. The van der Waals surface area contributed by atoms with E-state index in [4.69, 9.17) is 11.6 Å². The monoisotopic (exact) mass is 380 g/mol. The van der Waals surface area contributed by atoms with Crippen LogP contribution in [0.5, 0.6) is 0 Å². The highest BCUT2D eigenvalue weighted by molar-refractivity contribution is 14.1. The van der Waals surface area contributed by atoms with E-state index in [2.05, 4.69) is 27.9 Å². The van der Waals surface area contributed by atoms with Crippen molar-refractivity contribution in [3.8, 4) is 0 Å². The number of halogens is 2. The van der Waals surface area contributed by atoms with Crippen LogP contribution in [0.4, 0.5) is 0 Å². The number of benzene rings is 1. The topological polar surface area (TPSA) is 52.6 Å². The second kappa shape index (κ2) is 5.73. The Morgan fingerprint density at radius 1 is 1.56 bits per heavy atom. The van der Waals surface area contributed by atoms with Crippen molar-refractivity contribution in [2.45, 2.75) is 12.1 Å². The molecule has 1 aliphatic heterocycles. The van der Waals surface area contributed by atoms with E-state index < -0.39 is 6.10 Å². The summed E-state index contributed by atoms with van der Waals surface area (Å²) < 4.78 is 0.856. The average Bonchev–Trinajstić information content (AvgIpc) is 2.77. The number of carbonyl (C=O) groups excluding carboxylic acids is 1. The fraction of sp³-hybridized carbons (Fsp3) is 0.417. The molecular formula is C12H14ClIN2O2. The van der Waals surface area contributed by atoms with Gasteiger partial charge in [0.15, 0.2) is 0 Å². The number of carbonyl (C=O) groups is 1. The van der Waals surface area contributed by atoms with Crippen LogP contribution in [0.2, 0.25) is 5.02 Å². The third-order valence-electron chi connectivity index (χ3n) is 3.13. The molecule has 2 rings (SSSR count). The minimum Gasteiger partial charge on any atom is -0.390 e. The average molecular weight is 381 g/mol. The number of rotatable bonds is 2. The lowest BCUT2D eigenvalue weighted by Crippen LogP contribution is -2.44. The van der Waals surface area contributed by atoms with Gasteiger partial charge in [0.1, 0.15) is 0 Å². The molecule has 4 nitrogen and oxygen atoms in total. The lowest BCUT2D eigenvalue weighted by molar-refractivity contribution is 0.0580. The van der Waals surface area contributed by atoms with Gasteiger partial charge >= 0.3 is 0 Å². The van der Waals surface area contributed by atoms with Crippen LogP contribution < -0.4 is 5.32 Å². The van der Waals surface area contributed by atoms with Crippen molar-refractivity contribution in [2.75, 3.05) is 20.1 Å². The molecule has 2 atom stereocenters. The van der Waals surface area contributed by atoms with Crippen LogP contribution in [-0.2, 0) is 0 Å². The summed E-state index contributed by atoms with van der Waals surface area (Å²) in [6.07, 6.45) is -0.518. The molecular weight excluding hydrogens is 367 g/mol. The standard InChI is InChI=1S/C12H14ClIN2O2/c1-16(10-5-15-6-11(10)17)12(18)8-4-7(13)2-3-9(8)14/h2-4,10-11,15,17H,5-6H2,1H3/t10-,11-/m1/s1. The number of hydrogen-bond donors (Lipinski definition) is 2. The normalized spacial score (nSPS) is 23.1. The molecule has 0 unspecified atom stereocenters. The Hall–Kier alpha value is -0.370. The predicted octanol–water partition coefficient (Wildman–Crippen LogP) is 1.35. The Labute approximate surface area is 124 Å². The van der Waals surface area contributed by atoms with Crippen LogP contribution in [0.3, 0.4) is 0 Å². The summed E-state index contributed by atoms with van der Waals surface area (Å²) in [5.41, 5.74) is 0.574. The van der Waals surface area contributed by atoms with Crippen molar-refractivity contribution in [3.63, 3.8) is 0 Å². The Kier molecular flexibility index (Phi) is 4.47. The van der Waals surface area contributed by atoms with Crippen LogP contribution in [0.1, 0.15) is 10.4 Å². The number of likely N-dealkylation sites (N-methyl/N-ethyl adjacent to an activating group) is 1. The Bertz CT molecular complexity index is 469. The molecule has 1 aromatic carbocycles. The lowest BCUT2D eigenvalue weighted by atomic mass is 10.1. The third kappa shape index (κ3) is 2.79. The van der Waals surface area contributed by atoms with Gasteiger partial charge in [0.05, 0.1) is 17.7 Å². The summed E-state index contributed by atoms with van der Waals surface area (Å²) >= 11 is 8.03. The van der Waals surface area contributed by atoms with Crippen molar-refractivity contribution >= 4 is 40.1 Å². The predicted molar refractivity (Wildman–Crippen MR) is 78.9 cm³/mol. The van der Waals surface area contributed by atoms with E-state index in [9.17, 15) is 9.90 Å². The molecule has 2 N–H and O–H groups in total. The molecule has 1 amide bonds. The molecule has 0 saturated carbocycles. The molecule has 6 heteroatoms. The van der Waals surface area contributed by atoms with Gasteiger partial charge in [-0.1, -0.05) is 11.6 Å². The molecule has 0 aliphatic carbocycles. The maximum absolute atomic E-state index is 12.4. The third-order valence-corrected chi connectivity index (χ3v) is 4.30. The molecule has 0 spiro atoms. The van der Waals surface area contributed by atoms with Crippen molar-refractivity contribution in [2.24, 2.45) is 0 Å². The summed E-state index contributed by atoms with van der Waals surface area (Å²) in [6, 6.07) is 5.04. The maximum atomic E-state index is 12.4. The SMILES string of the molecule is CN(C(=O)c1cc(Cl)ccc1I)[C@@H]1CNC[C@H]1O. The molecule has 1 fully saturated rings. The molecule has 1 heterocycles. The first kappa shape index (κ1) is 14.0. The molecule has 0 bridgehead atoms. The number of aliphatic hydroxyl groups excluding tert-OH is 1. The second-order valence-corrected chi connectivity index (χ2v) is 5.93. The molecule has 1 aliphatic rings. The van der Waals surface area contributed by atoms with Gasteiger partial charge in [0.2, 0.25) is 0 Å². The zero-order chi connectivity index (χ0) is 13.3. The molecule has 98 valence electrons.